The van der Waals surface area contributed by atoms with Crippen molar-refractivity contribution < 1.29 is 0 Å². The summed E-state index contributed by atoms with van der Waals surface area (Å²) in [6, 6.07) is 0. The molecule has 4 heteroatoms. The number of hydrogen-bond acceptors (Lipinski definition) is 2. The van der Waals surface area contributed by atoms with Crippen molar-refractivity contribution in [2.75, 3.05) is 6.54 Å². The molecule has 1 aliphatic heterocycles. The molecular formula is C8H13N3O. The second-order valence-electron chi connectivity index (χ2n) is 3.21. The van der Waals surface area contributed by atoms with Crippen molar-refractivity contribution in [1.29, 1.82) is 0 Å². The van der Waals surface area contributed by atoms with E-state index in [0.717, 1.165) is 19.4 Å². The number of nitrogens with zero attached hydrogens (tertiary/aromatic N) is 2. The second kappa shape index (κ2) is 2.79. The average Bonchev–Trinajstić information content (AvgIpc) is 2.64. The normalized spacial score (nSPS) is 23.2. The standard InChI is InChI=1S/C8H13N3O/c1-10-5-6-11(8(10)12)7-3-2-4-9-7/h5-7,9H,2-4H2,1H3. The number of aromatic nitrogens is 2. The number of nitrogens with one attached hydrogen (secondary N) is 1. The van der Waals surface area contributed by atoms with Gasteiger partial charge in [0.1, 0.15) is 0 Å². The van der Waals surface area contributed by atoms with E-state index < -0.39 is 0 Å². The van der Waals surface area contributed by atoms with Crippen LogP contribution in [0.15, 0.2) is 17.2 Å². The molecule has 2 rings (SSSR count). The minimum absolute atomic E-state index is 0.0643. The lowest BCUT2D eigenvalue weighted by atomic mass is 10.3. The zero-order valence-electron chi connectivity index (χ0n) is 7.16. The van der Waals surface area contributed by atoms with Crippen LogP contribution >= 0.6 is 0 Å². The fourth-order valence-corrected chi connectivity index (χ4v) is 1.62. The fraction of sp³-hybridized carbons (Fsp3) is 0.625. The molecule has 1 unspecified atom stereocenters. The molecule has 66 valence electrons. The molecule has 1 aromatic rings. The number of aryl methyl sites for hydroxylation is 1. The molecule has 0 radical (unpaired) electrons. The van der Waals surface area contributed by atoms with E-state index in [2.05, 4.69) is 5.32 Å². The van der Waals surface area contributed by atoms with Crippen LogP contribution in [0.1, 0.15) is 19.0 Å². The Bertz CT molecular complexity index is 319. The minimum atomic E-state index is 0.0643. The Kier molecular flexibility index (Phi) is 1.77. The van der Waals surface area contributed by atoms with Gasteiger partial charge in [-0.05, 0) is 19.4 Å². The monoisotopic (exact) mass is 167 g/mol. The van der Waals surface area contributed by atoms with Crippen LogP contribution in [0.3, 0.4) is 0 Å². The Morgan fingerprint density at radius 1 is 1.58 bits per heavy atom. The summed E-state index contributed by atoms with van der Waals surface area (Å²) in [6.07, 6.45) is 6.07. The van der Waals surface area contributed by atoms with E-state index in [1.54, 1.807) is 22.4 Å². The molecule has 12 heavy (non-hydrogen) atoms. The van der Waals surface area contributed by atoms with Gasteiger partial charge in [-0.2, -0.15) is 0 Å². The topological polar surface area (TPSA) is 39.0 Å². The van der Waals surface area contributed by atoms with Gasteiger partial charge < -0.3 is 4.57 Å². The van der Waals surface area contributed by atoms with Gasteiger partial charge >= 0.3 is 5.69 Å². The summed E-state index contributed by atoms with van der Waals surface area (Å²) >= 11 is 0. The predicted octanol–water partition coefficient (Wildman–Crippen LogP) is 0.0688. The molecule has 0 aromatic carbocycles. The Hall–Kier alpha value is -1.03. The van der Waals surface area contributed by atoms with Gasteiger partial charge in [-0.3, -0.25) is 9.88 Å². The highest BCUT2D eigenvalue weighted by molar-refractivity contribution is 4.85. The average molecular weight is 167 g/mol. The Balaban J connectivity index is 2.33. The highest BCUT2D eigenvalue weighted by Gasteiger charge is 2.17. The smallest absolute Gasteiger partial charge is 0.302 e. The SMILES string of the molecule is Cn1ccn(C2CCCN2)c1=O. The molecule has 1 fully saturated rings. The van der Waals surface area contributed by atoms with E-state index in [1.807, 2.05) is 6.20 Å². The zero-order valence-corrected chi connectivity index (χ0v) is 7.16. The molecule has 4 nitrogen and oxygen atoms in total. The summed E-state index contributed by atoms with van der Waals surface area (Å²) in [7, 11) is 1.77. The Morgan fingerprint density at radius 2 is 2.42 bits per heavy atom. The summed E-state index contributed by atoms with van der Waals surface area (Å²) in [6.45, 7) is 1.02. The van der Waals surface area contributed by atoms with E-state index >= 15 is 0 Å². The first kappa shape index (κ1) is 7.61. The first-order chi connectivity index (χ1) is 5.79. The molecule has 1 saturated heterocycles. The highest BCUT2D eigenvalue weighted by Crippen LogP contribution is 2.13. The van der Waals surface area contributed by atoms with Gasteiger partial charge in [-0.1, -0.05) is 0 Å². The van der Waals surface area contributed by atoms with Crippen LogP contribution in [-0.2, 0) is 7.05 Å². The summed E-state index contributed by atoms with van der Waals surface area (Å²) in [5.74, 6) is 0. The van der Waals surface area contributed by atoms with Crippen LogP contribution in [0.2, 0.25) is 0 Å². The fourth-order valence-electron chi connectivity index (χ4n) is 1.62. The molecule has 2 heterocycles. The van der Waals surface area contributed by atoms with Gasteiger partial charge in [0.15, 0.2) is 0 Å². The summed E-state index contributed by atoms with van der Waals surface area (Å²) < 4.78 is 3.35. The summed E-state index contributed by atoms with van der Waals surface area (Å²) in [5.41, 5.74) is 0.0643. The number of hydrogen-bond donors (Lipinski definition) is 1. The second-order valence-corrected chi connectivity index (χ2v) is 3.21. The van der Waals surface area contributed by atoms with Gasteiger partial charge in [0, 0.05) is 19.4 Å². The molecule has 1 aromatic heterocycles. The van der Waals surface area contributed by atoms with E-state index in [-0.39, 0.29) is 11.9 Å². The predicted molar refractivity (Wildman–Crippen MR) is 45.9 cm³/mol. The van der Waals surface area contributed by atoms with Crippen LogP contribution in [0.25, 0.3) is 0 Å². The maximum atomic E-state index is 11.4. The molecule has 1 aliphatic rings. The third-order valence-corrected chi connectivity index (χ3v) is 2.34. The minimum Gasteiger partial charge on any atom is -0.302 e. The maximum Gasteiger partial charge on any atom is 0.329 e. The van der Waals surface area contributed by atoms with E-state index in [9.17, 15) is 4.79 Å². The number of imidazole rings is 1. The van der Waals surface area contributed by atoms with Crippen LogP contribution in [0.4, 0.5) is 0 Å². The third kappa shape index (κ3) is 1.08. The van der Waals surface area contributed by atoms with Crippen LogP contribution < -0.4 is 11.0 Å². The van der Waals surface area contributed by atoms with Gasteiger partial charge in [0.25, 0.3) is 0 Å². The molecule has 1 N–H and O–H groups in total. The van der Waals surface area contributed by atoms with Crippen molar-refractivity contribution >= 4 is 0 Å². The van der Waals surface area contributed by atoms with Gasteiger partial charge in [0.05, 0.1) is 6.17 Å². The molecule has 0 aliphatic carbocycles. The van der Waals surface area contributed by atoms with Crippen molar-refractivity contribution in [2.45, 2.75) is 19.0 Å². The first-order valence-corrected chi connectivity index (χ1v) is 4.26. The highest BCUT2D eigenvalue weighted by atomic mass is 16.1. The first-order valence-electron chi connectivity index (χ1n) is 4.26. The van der Waals surface area contributed by atoms with E-state index in [1.165, 1.54) is 0 Å². The largest absolute Gasteiger partial charge is 0.329 e. The Labute approximate surface area is 70.8 Å². The van der Waals surface area contributed by atoms with Crippen molar-refractivity contribution in [3.63, 3.8) is 0 Å². The van der Waals surface area contributed by atoms with Crippen molar-refractivity contribution in [1.82, 2.24) is 14.5 Å². The van der Waals surface area contributed by atoms with Crippen molar-refractivity contribution in [2.24, 2.45) is 7.05 Å². The quantitative estimate of drug-likeness (QED) is 0.642. The Morgan fingerprint density at radius 3 is 2.92 bits per heavy atom. The van der Waals surface area contributed by atoms with E-state index in [0.29, 0.717) is 0 Å². The molecule has 0 saturated carbocycles. The lowest BCUT2D eigenvalue weighted by molar-refractivity contribution is 0.451. The van der Waals surface area contributed by atoms with Crippen LogP contribution in [0, 0.1) is 0 Å². The molecule has 0 amide bonds. The van der Waals surface area contributed by atoms with Crippen LogP contribution in [-0.4, -0.2) is 15.7 Å². The van der Waals surface area contributed by atoms with Gasteiger partial charge in [0.2, 0.25) is 0 Å². The molecule has 1 atom stereocenters. The lowest BCUT2D eigenvalue weighted by Gasteiger charge is -2.09. The zero-order chi connectivity index (χ0) is 8.55. The third-order valence-electron chi connectivity index (χ3n) is 2.34. The van der Waals surface area contributed by atoms with Gasteiger partial charge in [-0.15, -0.1) is 0 Å². The van der Waals surface area contributed by atoms with E-state index in [4.69, 9.17) is 0 Å². The van der Waals surface area contributed by atoms with Crippen molar-refractivity contribution in [3.05, 3.63) is 22.9 Å². The van der Waals surface area contributed by atoms with Gasteiger partial charge in [-0.25, -0.2) is 4.79 Å². The molecule has 0 bridgehead atoms. The molecular weight excluding hydrogens is 154 g/mol. The summed E-state index contributed by atoms with van der Waals surface area (Å²) in [4.78, 5) is 11.4. The summed E-state index contributed by atoms with van der Waals surface area (Å²) in [5, 5.41) is 3.28. The molecule has 0 spiro atoms. The van der Waals surface area contributed by atoms with Crippen LogP contribution in [0.5, 0.6) is 0 Å². The maximum absolute atomic E-state index is 11.4. The van der Waals surface area contributed by atoms with Crippen molar-refractivity contribution in [3.8, 4) is 0 Å². The number of rotatable bonds is 1. The lowest BCUT2D eigenvalue weighted by Crippen LogP contribution is -2.30.